The zero-order valence-corrected chi connectivity index (χ0v) is 12.9. The van der Waals surface area contributed by atoms with Crippen molar-refractivity contribution in [2.24, 2.45) is 0 Å². The Hall–Kier alpha value is -1.89. The van der Waals surface area contributed by atoms with Crippen LogP contribution in [-0.2, 0) is 4.79 Å². The molecule has 0 spiro atoms. The van der Waals surface area contributed by atoms with Gasteiger partial charge in [-0.15, -0.1) is 10.2 Å². The molecule has 0 aliphatic rings. The SMILES string of the molecule is CC(C)n1cnnc1S[C@H](C)C(=O)Nc1cccc(F)c1. The second kappa shape index (κ2) is 6.71. The van der Waals surface area contributed by atoms with E-state index >= 15 is 0 Å². The Bertz CT molecular complexity index is 629. The van der Waals surface area contributed by atoms with Crippen LogP contribution in [0.25, 0.3) is 0 Å². The number of nitrogens with zero attached hydrogens (tertiary/aromatic N) is 3. The monoisotopic (exact) mass is 308 g/mol. The molecule has 0 saturated carbocycles. The minimum atomic E-state index is -0.382. The van der Waals surface area contributed by atoms with Crippen LogP contribution in [-0.4, -0.2) is 25.9 Å². The van der Waals surface area contributed by atoms with E-state index in [-0.39, 0.29) is 23.0 Å². The molecule has 0 unspecified atom stereocenters. The Kier molecular flexibility index (Phi) is 4.95. The molecule has 0 radical (unpaired) electrons. The van der Waals surface area contributed by atoms with Crippen molar-refractivity contribution < 1.29 is 9.18 Å². The molecule has 0 saturated heterocycles. The molecule has 1 aromatic heterocycles. The molecule has 0 fully saturated rings. The molecule has 112 valence electrons. The summed E-state index contributed by atoms with van der Waals surface area (Å²) in [4.78, 5) is 12.1. The van der Waals surface area contributed by atoms with E-state index in [9.17, 15) is 9.18 Å². The number of halogens is 1. The number of hydrogen-bond donors (Lipinski definition) is 1. The molecule has 1 atom stereocenters. The van der Waals surface area contributed by atoms with E-state index in [1.807, 2.05) is 18.4 Å². The third-order valence-electron chi connectivity index (χ3n) is 2.84. The fraction of sp³-hybridized carbons (Fsp3) is 0.357. The van der Waals surface area contributed by atoms with Crippen LogP contribution in [0.4, 0.5) is 10.1 Å². The van der Waals surface area contributed by atoms with Gasteiger partial charge in [-0.3, -0.25) is 4.79 Å². The molecule has 1 amide bonds. The summed E-state index contributed by atoms with van der Waals surface area (Å²) in [6.45, 7) is 5.81. The molecule has 1 aromatic carbocycles. The summed E-state index contributed by atoms with van der Waals surface area (Å²) in [5, 5.41) is 10.9. The summed E-state index contributed by atoms with van der Waals surface area (Å²) >= 11 is 1.32. The van der Waals surface area contributed by atoms with E-state index in [1.165, 1.54) is 23.9 Å². The van der Waals surface area contributed by atoms with Crippen LogP contribution in [0.15, 0.2) is 35.7 Å². The lowest BCUT2D eigenvalue weighted by Crippen LogP contribution is -2.23. The number of thioether (sulfide) groups is 1. The van der Waals surface area contributed by atoms with Crippen LogP contribution in [0.1, 0.15) is 26.8 Å². The Labute approximate surface area is 127 Å². The largest absolute Gasteiger partial charge is 0.325 e. The predicted octanol–water partition coefficient (Wildman–Crippen LogP) is 3.12. The van der Waals surface area contributed by atoms with Gasteiger partial charge < -0.3 is 9.88 Å². The topological polar surface area (TPSA) is 59.8 Å². The van der Waals surface area contributed by atoms with E-state index < -0.39 is 0 Å². The zero-order valence-electron chi connectivity index (χ0n) is 12.1. The van der Waals surface area contributed by atoms with Crippen LogP contribution in [0.3, 0.4) is 0 Å². The first-order valence-electron chi connectivity index (χ1n) is 6.60. The smallest absolute Gasteiger partial charge is 0.237 e. The van der Waals surface area contributed by atoms with Crippen molar-refractivity contribution >= 4 is 23.4 Å². The number of amides is 1. The van der Waals surface area contributed by atoms with Crippen LogP contribution in [0.5, 0.6) is 0 Å². The molecule has 1 heterocycles. The second-order valence-corrected chi connectivity index (χ2v) is 6.18. The molecule has 2 aromatic rings. The van der Waals surface area contributed by atoms with Gasteiger partial charge in [-0.2, -0.15) is 0 Å². The summed E-state index contributed by atoms with van der Waals surface area (Å²) in [5.41, 5.74) is 0.442. The number of carbonyl (C=O) groups is 1. The zero-order chi connectivity index (χ0) is 15.4. The average Bonchev–Trinajstić information content (AvgIpc) is 2.87. The maximum atomic E-state index is 13.1. The van der Waals surface area contributed by atoms with E-state index in [1.54, 1.807) is 25.4 Å². The van der Waals surface area contributed by atoms with Gasteiger partial charge in [0, 0.05) is 11.7 Å². The highest BCUT2D eigenvalue weighted by Crippen LogP contribution is 2.24. The fourth-order valence-electron chi connectivity index (χ4n) is 1.69. The summed E-state index contributed by atoms with van der Waals surface area (Å²) in [6, 6.07) is 6.04. The highest BCUT2D eigenvalue weighted by Gasteiger charge is 2.18. The van der Waals surface area contributed by atoms with E-state index in [0.29, 0.717) is 10.8 Å². The lowest BCUT2D eigenvalue weighted by molar-refractivity contribution is -0.115. The van der Waals surface area contributed by atoms with Crippen molar-refractivity contribution in [2.45, 2.75) is 37.2 Å². The number of benzene rings is 1. The van der Waals surface area contributed by atoms with Gasteiger partial charge in [0.05, 0.1) is 5.25 Å². The Morgan fingerprint density at radius 2 is 2.14 bits per heavy atom. The molecule has 21 heavy (non-hydrogen) atoms. The predicted molar refractivity (Wildman–Crippen MR) is 80.8 cm³/mol. The van der Waals surface area contributed by atoms with Gasteiger partial charge in [-0.25, -0.2) is 4.39 Å². The molecule has 0 bridgehead atoms. The van der Waals surface area contributed by atoms with Crippen LogP contribution >= 0.6 is 11.8 Å². The lowest BCUT2D eigenvalue weighted by atomic mass is 10.3. The minimum Gasteiger partial charge on any atom is -0.325 e. The van der Waals surface area contributed by atoms with Crippen molar-refractivity contribution in [3.8, 4) is 0 Å². The third kappa shape index (κ3) is 4.04. The quantitative estimate of drug-likeness (QED) is 0.862. The van der Waals surface area contributed by atoms with Gasteiger partial charge in [-0.1, -0.05) is 17.8 Å². The number of rotatable bonds is 5. The highest BCUT2D eigenvalue weighted by atomic mass is 32.2. The number of aromatic nitrogens is 3. The number of nitrogens with one attached hydrogen (secondary N) is 1. The summed E-state index contributed by atoms with van der Waals surface area (Å²) in [6.07, 6.45) is 1.64. The van der Waals surface area contributed by atoms with Gasteiger partial charge in [0.25, 0.3) is 0 Å². The van der Waals surface area contributed by atoms with Gasteiger partial charge in [0.1, 0.15) is 12.1 Å². The van der Waals surface area contributed by atoms with Crippen molar-refractivity contribution in [1.29, 1.82) is 0 Å². The highest BCUT2D eigenvalue weighted by molar-refractivity contribution is 8.00. The maximum Gasteiger partial charge on any atom is 0.237 e. The first-order valence-corrected chi connectivity index (χ1v) is 7.48. The summed E-state index contributed by atoms with van der Waals surface area (Å²) in [7, 11) is 0. The van der Waals surface area contributed by atoms with E-state index in [4.69, 9.17) is 0 Å². The maximum absolute atomic E-state index is 13.1. The van der Waals surface area contributed by atoms with Crippen LogP contribution < -0.4 is 5.32 Å². The standard InChI is InChI=1S/C14H17FN4OS/c1-9(2)19-8-16-18-14(19)21-10(3)13(20)17-12-6-4-5-11(15)7-12/h4-10H,1-3H3,(H,17,20)/t10-/m1/s1. The second-order valence-electron chi connectivity index (χ2n) is 4.87. The van der Waals surface area contributed by atoms with Gasteiger partial charge >= 0.3 is 0 Å². The van der Waals surface area contributed by atoms with Crippen molar-refractivity contribution in [2.75, 3.05) is 5.32 Å². The number of hydrogen-bond acceptors (Lipinski definition) is 4. The summed E-state index contributed by atoms with van der Waals surface area (Å²) < 4.78 is 15.0. The van der Waals surface area contributed by atoms with Crippen LogP contribution in [0.2, 0.25) is 0 Å². The molecule has 5 nitrogen and oxygen atoms in total. The lowest BCUT2D eigenvalue weighted by Gasteiger charge is -2.14. The first kappa shape index (κ1) is 15.5. The Morgan fingerprint density at radius 1 is 1.38 bits per heavy atom. The normalized spacial score (nSPS) is 12.4. The van der Waals surface area contributed by atoms with Gasteiger partial charge in [0.2, 0.25) is 5.91 Å². The number of anilines is 1. The van der Waals surface area contributed by atoms with Gasteiger partial charge in [-0.05, 0) is 39.0 Å². The summed E-state index contributed by atoms with van der Waals surface area (Å²) in [5.74, 6) is -0.587. The van der Waals surface area contributed by atoms with Crippen LogP contribution in [0, 0.1) is 5.82 Å². The molecule has 1 N–H and O–H groups in total. The molecular weight excluding hydrogens is 291 g/mol. The molecule has 2 rings (SSSR count). The molecule has 7 heteroatoms. The van der Waals surface area contributed by atoms with Crippen molar-refractivity contribution in [1.82, 2.24) is 14.8 Å². The van der Waals surface area contributed by atoms with Crippen molar-refractivity contribution in [3.63, 3.8) is 0 Å². The molecular formula is C14H17FN4OS. The Morgan fingerprint density at radius 3 is 2.81 bits per heavy atom. The van der Waals surface area contributed by atoms with E-state index in [0.717, 1.165) is 0 Å². The Balaban J connectivity index is 2.01. The molecule has 0 aliphatic carbocycles. The average molecular weight is 308 g/mol. The third-order valence-corrected chi connectivity index (χ3v) is 3.91. The molecule has 0 aliphatic heterocycles. The first-order chi connectivity index (χ1) is 9.97. The van der Waals surface area contributed by atoms with Crippen molar-refractivity contribution in [3.05, 3.63) is 36.4 Å². The van der Waals surface area contributed by atoms with Gasteiger partial charge in [0.15, 0.2) is 5.16 Å². The number of carbonyl (C=O) groups excluding carboxylic acids is 1. The minimum absolute atomic E-state index is 0.205. The van der Waals surface area contributed by atoms with E-state index in [2.05, 4.69) is 15.5 Å². The fourth-order valence-corrected chi connectivity index (χ4v) is 2.65.